The maximum atomic E-state index is 11.6. The summed E-state index contributed by atoms with van der Waals surface area (Å²) in [5.74, 6) is -0.397. The van der Waals surface area contributed by atoms with Gasteiger partial charge in [0.05, 0.1) is 11.6 Å². The normalized spacial score (nSPS) is 25.7. The molecule has 1 aliphatic rings. The molecule has 1 aromatic carbocycles. The molecule has 1 fully saturated rings. The second-order valence-corrected chi connectivity index (χ2v) is 5.97. The zero-order chi connectivity index (χ0) is 14.8. The van der Waals surface area contributed by atoms with Crippen LogP contribution in [-0.4, -0.2) is 20.9 Å². The SMILES string of the molecule is CC1CCC(C(=O)O)C(c2ccnn2-c2ccccc2)C1. The zero-order valence-corrected chi connectivity index (χ0v) is 12.1. The van der Waals surface area contributed by atoms with E-state index in [1.165, 1.54) is 0 Å². The molecule has 0 aliphatic heterocycles. The van der Waals surface area contributed by atoms with E-state index in [2.05, 4.69) is 12.0 Å². The monoisotopic (exact) mass is 284 g/mol. The molecule has 2 aromatic rings. The van der Waals surface area contributed by atoms with Crippen molar-refractivity contribution in [3.8, 4) is 5.69 Å². The van der Waals surface area contributed by atoms with E-state index >= 15 is 0 Å². The Morgan fingerprint density at radius 3 is 2.71 bits per heavy atom. The number of carboxylic acid groups (broad SMARTS) is 1. The molecule has 3 unspecified atom stereocenters. The second kappa shape index (κ2) is 5.72. The summed E-state index contributed by atoms with van der Waals surface area (Å²) in [5, 5.41) is 13.9. The lowest BCUT2D eigenvalue weighted by molar-refractivity contribution is -0.143. The smallest absolute Gasteiger partial charge is 0.307 e. The van der Waals surface area contributed by atoms with Gasteiger partial charge in [-0.15, -0.1) is 0 Å². The first-order chi connectivity index (χ1) is 10.2. The van der Waals surface area contributed by atoms with Crippen LogP contribution in [0.3, 0.4) is 0 Å². The molecule has 110 valence electrons. The summed E-state index contributed by atoms with van der Waals surface area (Å²) in [6.45, 7) is 2.20. The van der Waals surface area contributed by atoms with Crippen LogP contribution in [0.15, 0.2) is 42.6 Å². The lowest BCUT2D eigenvalue weighted by Crippen LogP contribution is -2.29. The molecule has 1 saturated carbocycles. The number of aromatic nitrogens is 2. The summed E-state index contributed by atoms with van der Waals surface area (Å²) in [6, 6.07) is 11.9. The van der Waals surface area contributed by atoms with Gasteiger partial charge in [-0.1, -0.05) is 25.1 Å². The maximum absolute atomic E-state index is 11.6. The van der Waals surface area contributed by atoms with Crippen LogP contribution in [0.2, 0.25) is 0 Å². The highest BCUT2D eigenvalue weighted by Crippen LogP contribution is 2.41. The van der Waals surface area contributed by atoms with Gasteiger partial charge in [0.15, 0.2) is 0 Å². The molecule has 1 heterocycles. The first kappa shape index (κ1) is 13.9. The molecule has 21 heavy (non-hydrogen) atoms. The molecule has 0 spiro atoms. The van der Waals surface area contributed by atoms with E-state index in [0.717, 1.165) is 30.6 Å². The van der Waals surface area contributed by atoms with Crippen molar-refractivity contribution in [2.45, 2.75) is 32.1 Å². The lowest BCUT2D eigenvalue weighted by atomic mass is 9.73. The third kappa shape index (κ3) is 2.71. The maximum Gasteiger partial charge on any atom is 0.307 e. The Bertz CT molecular complexity index is 621. The molecule has 1 N–H and O–H groups in total. The second-order valence-electron chi connectivity index (χ2n) is 5.97. The number of aliphatic carboxylic acids is 1. The minimum absolute atomic E-state index is 0.0361. The standard InChI is InChI=1S/C17H20N2O2/c1-12-7-8-14(17(20)21)15(11-12)16-9-10-18-19(16)13-5-3-2-4-6-13/h2-6,9-10,12,14-15H,7-8,11H2,1H3,(H,20,21). The Balaban J connectivity index is 1.99. The van der Waals surface area contributed by atoms with Crippen LogP contribution >= 0.6 is 0 Å². The zero-order valence-electron chi connectivity index (χ0n) is 12.1. The average Bonchev–Trinajstić information content (AvgIpc) is 2.97. The van der Waals surface area contributed by atoms with Crippen molar-refractivity contribution in [3.63, 3.8) is 0 Å². The summed E-state index contributed by atoms with van der Waals surface area (Å²) in [7, 11) is 0. The number of carboxylic acids is 1. The number of hydrogen-bond acceptors (Lipinski definition) is 2. The van der Waals surface area contributed by atoms with Crippen molar-refractivity contribution < 1.29 is 9.90 Å². The van der Waals surface area contributed by atoms with Gasteiger partial charge in [0.1, 0.15) is 0 Å². The van der Waals surface area contributed by atoms with Gasteiger partial charge in [-0.3, -0.25) is 4.79 Å². The summed E-state index contributed by atoms with van der Waals surface area (Å²) in [4.78, 5) is 11.6. The summed E-state index contributed by atoms with van der Waals surface area (Å²) >= 11 is 0. The van der Waals surface area contributed by atoms with Crippen LogP contribution in [-0.2, 0) is 4.79 Å². The highest BCUT2D eigenvalue weighted by Gasteiger charge is 2.36. The highest BCUT2D eigenvalue weighted by molar-refractivity contribution is 5.71. The van der Waals surface area contributed by atoms with E-state index in [9.17, 15) is 9.90 Å². The molecule has 0 amide bonds. The molecule has 0 bridgehead atoms. The fourth-order valence-corrected chi connectivity index (χ4v) is 3.38. The van der Waals surface area contributed by atoms with Crippen LogP contribution in [0, 0.1) is 11.8 Å². The Hall–Kier alpha value is -2.10. The predicted octanol–water partition coefficient (Wildman–Crippen LogP) is 3.48. The Kier molecular flexibility index (Phi) is 3.78. The number of hydrogen-bond donors (Lipinski definition) is 1. The van der Waals surface area contributed by atoms with Gasteiger partial charge in [0, 0.05) is 17.8 Å². The van der Waals surface area contributed by atoms with Crippen LogP contribution in [0.5, 0.6) is 0 Å². The van der Waals surface area contributed by atoms with Gasteiger partial charge in [-0.2, -0.15) is 5.10 Å². The fourth-order valence-electron chi connectivity index (χ4n) is 3.38. The van der Waals surface area contributed by atoms with Gasteiger partial charge in [-0.05, 0) is 43.4 Å². The molecule has 4 heteroatoms. The number of para-hydroxylation sites is 1. The van der Waals surface area contributed by atoms with Gasteiger partial charge >= 0.3 is 5.97 Å². The van der Waals surface area contributed by atoms with E-state index in [0.29, 0.717) is 5.92 Å². The minimum atomic E-state index is -0.687. The molecular weight excluding hydrogens is 264 g/mol. The van der Waals surface area contributed by atoms with Crippen molar-refractivity contribution in [2.75, 3.05) is 0 Å². The van der Waals surface area contributed by atoms with E-state index in [1.54, 1.807) is 6.20 Å². The number of benzene rings is 1. The van der Waals surface area contributed by atoms with Crippen molar-refractivity contribution in [3.05, 3.63) is 48.3 Å². The largest absolute Gasteiger partial charge is 0.481 e. The molecule has 3 atom stereocenters. The number of rotatable bonds is 3. The van der Waals surface area contributed by atoms with Gasteiger partial charge in [0.25, 0.3) is 0 Å². The Labute approximate surface area is 124 Å². The topological polar surface area (TPSA) is 55.1 Å². The molecule has 1 aliphatic carbocycles. The Morgan fingerprint density at radius 1 is 1.24 bits per heavy atom. The quantitative estimate of drug-likeness (QED) is 0.938. The van der Waals surface area contributed by atoms with Crippen LogP contribution in [0.4, 0.5) is 0 Å². The first-order valence-electron chi connectivity index (χ1n) is 7.49. The minimum Gasteiger partial charge on any atom is -0.481 e. The third-order valence-electron chi connectivity index (χ3n) is 4.48. The molecule has 4 nitrogen and oxygen atoms in total. The van der Waals surface area contributed by atoms with Gasteiger partial charge in [-0.25, -0.2) is 4.68 Å². The first-order valence-corrected chi connectivity index (χ1v) is 7.49. The lowest BCUT2D eigenvalue weighted by Gasteiger charge is -2.32. The predicted molar refractivity (Wildman–Crippen MR) is 80.4 cm³/mol. The van der Waals surface area contributed by atoms with Crippen molar-refractivity contribution >= 4 is 5.97 Å². The van der Waals surface area contributed by atoms with Crippen molar-refractivity contribution in [2.24, 2.45) is 11.8 Å². The van der Waals surface area contributed by atoms with E-state index in [1.807, 2.05) is 41.1 Å². The van der Waals surface area contributed by atoms with E-state index in [-0.39, 0.29) is 11.8 Å². The van der Waals surface area contributed by atoms with Gasteiger partial charge in [0.2, 0.25) is 0 Å². The van der Waals surface area contributed by atoms with E-state index in [4.69, 9.17) is 0 Å². The average molecular weight is 284 g/mol. The third-order valence-corrected chi connectivity index (χ3v) is 4.48. The molecular formula is C17H20N2O2. The molecule has 3 rings (SSSR count). The van der Waals surface area contributed by atoms with Gasteiger partial charge < -0.3 is 5.11 Å². The summed E-state index contributed by atoms with van der Waals surface area (Å²) < 4.78 is 1.89. The van der Waals surface area contributed by atoms with Crippen molar-refractivity contribution in [1.82, 2.24) is 9.78 Å². The van der Waals surface area contributed by atoms with E-state index < -0.39 is 5.97 Å². The van der Waals surface area contributed by atoms with Crippen LogP contribution in [0.1, 0.15) is 37.8 Å². The molecule has 0 saturated heterocycles. The number of carbonyl (C=O) groups is 1. The summed E-state index contributed by atoms with van der Waals surface area (Å²) in [5.41, 5.74) is 2.00. The van der Waals surface area contributed by atoms with Crippen molar-refractivity contribution in [1.29, 1.82) is 0 Å². The fraction of sp³-hybridized carbons (Fsp3) is 0.412. The Morgan fingerprint density at radius 2 is 2.00 bits per heavy atom. The highest BCUT2D eigenvalue weighted by atomic mass is 16.4. The van der Waals surface area contributed by atoms with Crippen LogP contribution in [0.25, 0.3) is 5.69 Å². The molecule has 1 aromatic heterocycles. The van der Waals surface area contributed by atoms with Crippen LogP contribution < -0.4 is 0 Å². The molecule has 0 radical (unpaired) electrons. The summed E-state index contributed by atoms with van der Waals surface area (Å²) in [6.07, 6.45) is 4.42. The number of nitrogens with zero attached hydrogens (tertiary/aromatic N) is 2.